The van der Waals surface area contributed by atoms with Gasteiger partial charge in [0.15, 0.2) is 0 Å². The average molecular weight is 252 g/mol. The van der Waals surface area contributed by atoms with E-state index in [1.807, 2.05) is 6.92 Å². The molecule has 1 fully saturated rings. The average Bonchev–Trinajstić information content (AvgIpc) is 2.79. The van der Waals surface area contributed by atoms with Crippen molar-refractivity contribution in [2.45, 2.75) is 32.9 Å². The fraction of sp³-hybridized carbons (Fsp3) is 0.636. The van der Waals surface area contributed by atoms with Crippen LogP contribution < -0.4 is 0 Å². The highest BCUT2D eigenvalue weighted by Crippen LogP contribution is 2.19. The molecule has 1 aliphatic heterocycles. The Hall–Kier alpha value is -1.92. The molecule has 1 saturated heterocycles. The first-order valence-electron chi connectivity index (χ1n) is 5.99. The minimum atomic E-state index is -0.843. The Kier molecular flexibility index (Phi) is 3.59. The number of carbonyl (C=O) groups is 2. The van der Waals surface area contributed by atoms with E-state index < -0.39 is 11.9 Å². The lowest BCUT2D eigenvalue weighted by molar-refractivity contribution is -0.147. The molecule has 0 spiro atoms. The Morgan fingerprint density at radius 2 is 2.39 bits per heavy atom. The SMILES string of the molecule is CCn1ncnc1CN1CC(C(=O)O)CCC1=O. The minimum absolute atomic E-state index is 0.0156. The number of likely N-dealkylation sites (tertiary alicyclic amines) is 1. The van der Waals surface area contributed by atoms with E-state index >= 15 is 0 Å². The topological polar surface area (TPSA) is 88.3 Å². The van der Waals surface area contributed by atoms with Crippen LogP contribution in [0.2, 0.25) is 0 Å². The summed E-state index contributed by atoms with van der Waals surface area (Å²) in [5.74, 6) is -0.639. The standard InChI is InChI=1S/C11H16N4O3/c1-2-15-9(12-7-13-15)6-14-5-8(11(17)18)3-4-10(14)16/h7-8H,2-6H2,1H3,(H,17,18). The summed E-state index contributed by atoms with van der Waals surface area (Å²) in [6, 6.07) is 0. The lowest BCUT2D eigenvalue weighted by Crippen LogP contribution is -2.42. The Balaban J connectivity index is 2.07. The number of aliphatic carboxylic acids is 1. The summed E-state index contributed by atoms with van der Waals surface area (Å²) < 4.78 is 1.71. The number of aromatic nitrogens is 3. The van der Waals surface area contributed by atoms with Gasteiger partial charge in [-0.1, -0.05) is 0 Å². The number of aryl methyl sites for hydroxylation is 1. The quantitative estimate of drug-likeness (QED) is 0.822. The summed E-state index contributed by atoms with van der Waals surface area (Å²) in [4.78, 5) is 28.4. The molecular weight excluding hydrogens is 236 g/mol. The van der Waals surface area contributed by atoms with Crippen LogP contribution in [0.1, 0.15) is 25.6 Å². The molecule has 1 N–H and O–H groups in total. The number of nitrogens with zero attached hydrogens (tertiary/aromatic N) is 4. The number of carboxylic acids is 1. The van der Waals surface area contributed by atoms with E-state index in [4.69, 9.17) is 5.11 Å². The number of hydrogen-bond acceptors (Lipinski definition) is 4. The second kappa shape index (κ2) is 5.16. The number of carbonyl (C=O) groups excluding carboxylic acids is 1. The highest BCUT2D eigenvalue weighted by molar-refractivity contribution is 5.80. The molecule has 0 saturated carbocycles. The molecule has 1 aliphatic rings. The molecule has 1 atom stereocenters. The van der Waals surface area contributed by atoms with E-state index in [9.17, 15) is 9.59 Å². The fourth-order valence-corrected chi connectivity index (χ4v) is 2.11. The third kappa shape index (κ3) is 2.49. The van der Waals surface area contributed by atoms with Gasteiger partial charge in [-0.3, -0.25) is 9.59 Å². The zero-order valence-corrected chi connectivity index (χ0v) is 10.2. The largest absolute Gasteiger partial charge is 0.481 e. The van der Waals surface area contributed by atoms with E-state index in [2.05, 4.69) is 10.1 Å². The lowest BCUT2D eigenvalue weighted by Gasteiger charge is -2.30. The van der Waals surface area contributed by atoms with Gasteiger partial charge in [0, 0.05) is 19.5 Å². The molecule has 1 unspecified atom stereocenters. The van der Waals surface area contributed by atoms with Crippen LogP contribution >= 0.6 is 0 Å². The lowest BCUT2D eigenvalue weighted by atomic mass is 9.98. The number of carboxylic acid groups (broad SMARTS) is 1. The molecule has 0 aliphatic carbocycles. The molecule has 98 valence electrons. The van der Waals surface area contributed by atoms with Gasteiger partial charge < -0.3 is 10.0 Å². The van der Waals surface area contributed by atoms with Crippen LogP contribution in [0.5, 0.6) is 0 Å². The van der Waals surface area contributed by atoms with Crippen LogP contribution in [0, 0.1) is 5.92 Å². The molecule has 0 bridgehead atoms. The van der Waals surface area contributed by atoms with E-state index in [1.54, 1.807) is 9.58 Å². The van der Waals surface area contributed by atoms with Crippen molar-refractivity contribution in [3.8, 4) is 0 Å². The molecule has 7 heteroatoms. The zero-order valence-electron chi connectivity index (χ0n) is 10.2. The second-order valence-electron chi connectivity index (χ2n) is 4.34. The summed E-state index contributed by atoms with van der Waals surface area (Å²) in [7, 11) is 0. The van der Waals surface area contributed by atoms with Gasteiger partial charge in [0.2, 0.25) is 5.91 Å². The van der Waals surface area contributed by atoms with E-state index in [0.717, 1.165) is 0 Å². The van der Waals surface area contributed by atoms with Crippen LogP contribution in [-0.4, -0.2) is 43.2 Å². The Morgan fingerprint density at radius 3 is 3.06 bits per heavy atom. The van der Waals surface area contributed by atoms with Crippen molar-refractivity contribution in [2.24, 2.45) is 5.92 Å². The summed E-state index contributed by atoms with van der Waals surface area (Å²) >= 11 is 0. The molecule has 7 nitrogen and oxygen atoms in total. The number of piperidine rings is 1. The van der Waals surface area contributed by atoms with Gasteiger partial charge in [-0.15, -0.1) is 0 Å². The Labute approximate surface area is 104 Å². The molecule has 1 aromatic rings. The third-order valence-electron chi connectivity index (χ3n) is 3.18. The molecule has 18 heavy (non-hydrogen) atoms. The van der Waals surface area contributed by atoms with E-state index in [1.165, 1.54) is 6.33 Å². The molecule has 2 heterocycles. The van der Waals surface area contributed by atoms with Gasteiger partial charge in [-0.05, 0) is 13.3 Å². The van der Waals surface area contributed by atoms with Crippen LogP contribution in [-0.2, 0) is 22.7 Å². The predicted octanol–water partition coefficient (Wildman–Crippen LogP) is 0.121. The minimum Gasteiger partial charge on any atom is -0.481 e. The molecule has 1 aromatic heterocycles. The van der Waals surface area contributed by atoms with Crippen molar-refractivity contribution in [3.05, 3.63) is 12.2 Å². The van der Waals surface area contributed by atoms with Crippen molar-refractivity contribution in [1.82, 2.24) is 19.7 Å². The number of hydrogen-bond donors (Lipinski definition) is 1. The predicted molar refractivity (Wildman–Crippen MR) is 61.5 cm³/mol. The first-order chi connectivity index (χ1) is 8.61. The molecule has 0 radical (unpaired) electrons. The third-order valence-corrected chi connectivity index (χ3v) is 3.18. The van der Waals surface area contributed by atoms with Gasteiger partial charge in [0.05, 0.1) is 12.5 Å². The summed E-state index contributed by atoms with van der Waals surface area (Å²) in [5, 5.41) is 13.0. The summed E-state index contributed by atoms with van der Waals surface area (Å²) in [5.41, 5.74) is 0. The smallest absolute Gasteiger partial charge is 0.308 e. The van der Waals surface area contributed by atoms with Crippen molar-refractivity contribution >= 4 is 11.9 Å². The number of rotatable bonds is 4. The van der Waals surface area contributed by atoms with E-state index in [0.29, 0.717) is 25.3 Å². The Morgan fingerprint density at radius 1 is 1.61 bits per heavy atom. The van der Waals surface area contributed by atoms with Crippen molar-refractivity contribution < 1.29 is 14.7 Å². The van der Waals surface area contributed by atoms with Crippen LogP contribution in [0.15, 0.2) is 6.33 Å². The van der Waals surface area contributed by atoms with Crippen LogP contribution in [0.25, 0.3) is 0 Å². The van der Waals surface area contributed by atoms with Crippen LogP contribution in [0.4, 0.5) is 0 Å². The highest BCUT2D eigenvalue weighted by atomic mass is 16.4. The summed E-state index contributed by atoms with van der Waals surface area (Å²) in [6.45, 7) is 3.21. The van der Waals surface area contributed by atoms with Gasteiger partial charge in [0.25, 0.3) is 0 Å². The van der Waals surface area contributed by atoms with E-state index in [-0.39, 0.29) is 18.9 Å². The maximum Gasteiger partial charge on any atom is 0.308 e. The molecule has 2 rings (SSSR count). The normalized spacial score (nSPS) is 20.2. The van der Waals surface area contributed by atoms with Crippen LogP contribution in [0.3, 0.4) is 0 Å². The van der Waals surface area contributed by atoms with Crippen molar-refractivity contribution in [2.75, 3.05) is 6.54 Å². The second-order valence-corrected chi connectivity index (χ2v) is 4.34. The Bertz CT molecular complexity index is 457. The zero-order chi connectivity index (χ0) is 13.1. The van der Waals surface area contributed by atoms with Crippen molar-refractivity contribution in [1.29, 1.82) is 0 Å². The molecule has 0 aromatic carbocycles. The highest BCUT2D eigenvalue weighted by Gasteiger charge is 2.30. The first-order valence-corrected chi connectivity index (χ1v) is 5.99. The monoisotopic (exact) mass is 252 g/mol. The molecule has 1 amide bonds. The molecular formula is C11H16N4O3. The van der Waals surface area contributed by atoms with Gasteiger partial charge >= 0.3 is 5.97 Å². The fourth-order valence-electron chi connectivity index (χ4n) is 2.11. The van der Waals surface area contributed by atoms with Crippen molar-refractivity contribution in [3.63, 3.8) is 0 Å². The van der Waals surface area contributed by atoms with Gasteiger partial charge in [-0.2, -0.15) is 5.10 Å². The maximum atomic E-state index is 11.8. The van der Waals surface area contributed by atoms with Gasteiger partial charge in [-0.25, -0.2) is 9.67 Å². The maximum absolute atomic E-state index is 11.8. The number of amides is 1. The summed E-state index contributed by atoms with van der Waals surface area (Å²) in [6.07, 6.45) is 2.16. The van der Waals surface area contributed by atoms with Gasteiger partial charge in [0.1, 0.15) is 12.2 Å². The first kappa shape index (κ1) is 12.5.